The van der Waals surface area contributed by atoms with Gasteiger partial charge in [-0.2, -0.15) is 5.26 Å². The summed E-state index contributed by atoms with van der Waals surface area (Å²) in [5.41, 5.74) is 0.334. The van der Waals surface area contributed by atoms with Crippen LogP contribution in [0.15, 0.2) is 36.7 Å². The maximum absolute atomic E-state index is 12.8. The second-order valence-electron chi connectivity index (χ2n) is 3.16. The topological polar surface area (TPSA) is 45.9 Å². The zero-order valence-electron chi connectivity index (χ0n) is 8.52. The number of nitriles is 1. The van der Waals surface area contributed by atoms with Crippen LogP contribution in [0, 0.1) is 17.1 Å². The third-order valence-corrected chi connectivity index (χ3v) is 2.31. The van der Waals surface area contributed by atoms with Crippen LogP contribution < -0.4 is 4.74 Å². The highest BCUT2D eigenvalue weighted by Crippen LogP contribution is 2.30. The maximum Gasteiger partial charge on any atom is 0.163 e. The van der Waals surface area contributed by atoms with Gasteiger partial charge < -0.3 is 4.74 Å². The van der Waals surface area contributed by atoms with Crippen molar-refractivity contribution in [2.75, 3.05) is 0 Å². The molecule has 0 amide bonds. The van der Waals surface area contributed by atoms with Crippen LogP contribution in [0.1, 0.15) is 5.56 Å². The Morgan fingerprint density at radius 3 is 2.82 bits per heavy atom. The van der Waals surface area contributed by atoms with Crippen LogP contribution in [0.5, 0.6) is 11.5 Å². The molecule has 0 aliphatic rings. The third kappa shape index (κ3) is 2.52. The molecule has 3 nitrogen and oxygen atoms in total. The highest BCUT2D eigenvalue weighted by atomic mass is 35.5. The van der Waals surface area contributed by atoms with Crippen molar-refractivity contribution in [3.05, 3.63) is 53.1 Å². The summed E-state index contributed by atoms with van der Waals surface area (Å²) in [5.74, 6) is 0.107. The van der Waals surface area contributed by atoms with Crippen molar-refractivity contribution in [1.82, 2.24) is 4.98 Å². The zero-order valence-corrected chi connectivity index (χ0v) is 9.28. The van der Waals surface area contributed by atoms with Crippen LogP contribution in [-0.4, -0.2) is 4.98 Å². The van der Waals surface area contributed by atoms with Gasteiger partial charge in [0.15, 0.2) is 5.75 Å². The molecular formula is C12H6ClFN2O. The van der Waals surface area contributed by atoms with Crippen molar-refractivity contribution in [3.8, 4) is 17.6 Å². The highest BCUT2D eigenvalue weighted by molar-refractivity contribution is 6.32. The number of halogens is 2. The largest absolute Gasteiger partial charge is 0.453 e. The Kier molecular flexibility index (Phi) is 3.22. The lowest BCUT2D eigenvalue weighted by molar-refractivity contribution is 0.477. The summed E-state index contributed by atoms with van der Waals surface area (Å²) in [6.07, 6.45) is 2.88. The number of hydrogen-bond donors (Lipinski definition) is 0. The van der Waals surface area contributed by atoms with E-state index in [9.17, 15) is 4.39 Å². The standard InChI is InChI=1S/C12H6ClFN2O/c13-10-5-9(14)1-2-11(10)17-12-7-16-4-3-8(12)6-15/h1-5,7H. The molecule has 0 atom stereocenters. The van der Waals surface area contributed by atoms with Gasteiger partial charge in [0.1, 0.15) is 17.6 Å². The van der Waals surface area contributed by atoms with E-state index in [2.05, 4.69) is 4.98 Å². The minimum absolute atomic E-state index is 0.137. The lowest BCUT2D eigenvalue weighted by Crippen LogP contribution is -1.90. The molecule has 0 unspecified atom stereocenters. The molecule has 1 heterocycles. The Morgan fingerprint density at radius 1 is 1.29 bits per heavy atom. The molecular weight excluding hydrogens is 243 g/mol. The summed E-state index contributed by atoms with van der Waals surface area (Å²) in [6.45, 7) is 0. The van der Waals surface area contributed by atoms with Crippen LogP contribution in [0.25, 0.3) is 0 Å². The molecule has 0 aliphatic carbocycles. The molecule has 0 N–H and O–H groups in total. The first kappa shape index (κ1) is 11.4. The van der Waals surface area contributed by atoms with Crippen molar-refractivity contribution < 1.29 is 9.13 Å². The van der Waals surface area contributed by atoms with Crippen LogP contribution in [0.2, 0.25) is 5.02 Å². The van der Waals surface area contributed by atoms with Crippen LogP contribution >= 0.6 is 11.6 Å². The summed E-state index contributed by atoms with van der Waals surface area (Å²) < 4.78 is 18.2. The smallest absolute Gasteiger partial charge is 0.163 e. The number of benzene rings is 1. The van der Waals surface area contributed by atoms with Crippen molar-refractivity contribution in [3.63, 3.8) is 0 Å². The van der Waals surface area contributed by atoms with E-state index in [-0.39, 0.29) is 16.5 Å². The first-order valence-electron chi connectivity index (χ1n) is 4.67. The summed E-state index contributed by atoms with van der Waals surface area (Å²) >= 11 is 5.81. The van der Waals surface area contributed by atoms with Crippen LogP contribution in [-0.2, 0) is 0 Å². The predicted octanol–water partition coefficient (Wildman–Crippen LogP) is 3.54. The molecule has 0 fully saturated rings. The van der Waals surface area contributed by atoms with Crippen molar-refractivity contribution in [1.29, 1.82) is 5.26 Å². The highest BCUT2D eigenvalue weighted by Gasteiger charge is 2.08. The minimum Gasteiger partial charge on any atom is -0.453 e. The Hall–Kier alpha value is -2.12. The number of nitrogens with zero attached hydrogens (tertiary/aromatic N) is 2. The number of pyridine rings is 1. The summed E-state index contributed by atoms with van der Waals surface area (Å²) in [7, 11) is 0. The fourth-order valence-electron chi connectivity index (χ4n) is 1.23. The molecule has 2 rings (SSSR count). The molecule has 0 aliphatic heterocycles. The fourth-order valence-corrected chi connectivity index (χ4v) is 1.44. The monoisotopic (exact) mass is 248 g/mol. The minimum atomic E-state index is -0.450. The van der Waals surface area contributed by atoms with Crippen LogP contribution in [0.3, 0.4) is 0 Å². The average Bonchev–Trinajstić information content (AvgIpc) is 2.33. The van der Waals surface area contributed by atoms with Gasteiger partial charge in [-0.1, -0.05) is 11.6 Å². The second-order valence-corrected chi connectivity index (χ2v) is 3.57. The molecule has 0 saturated carbocycles. The third-order valence-electron chi connectivity index (χ3n) is 2.02. The Bertz CT molecular complexity index is 595. The lowest BCUT2D eigenvalue weighted by Gasteiger charge is -2.07. The van der Waals surface area contributed by atoms with Gasteiger partial charge >= 0.3 is 0 Å². The molecule has 2 aromatic rings. The molecule has 0 spiro atoms. The van der Waals surface area contributed by atoms with Gasteiger partial charge in [-0.15, -0.1) is 0 Å². The summed E-state index contributed by atoms with van der Waals surface area (Å²) in [6, 6.07) is 7.24. The van der Waals surface area contributed by atoms with E-state index in [0.29, 0.717) is 5.56 Å². The van der Waals surface area contributed by atoms with Crippen molar-refractivity contribution in [2.24, 2.45) is 0 Å². The van der Waals surface area contributed by atoms with E-state index in [1.54, 1.807) is 0 Å². The van der Waals surface area contributed by atoms with Gasteiger partial charge in [0.2, 0.25) is 0 Å². The van der Waals surface area contributed by atoms with Gasteiger partial charge in [0.05, 0.1) is 16.8 Å². The zero-order chi connectivity index (χ0) is 12.3. The second kappa shape index (κ2) is 4.81. The van der Waals surface area contributed by atoms with Crippen molar-refractivity contribution in [2.45, 2.75) is 0 Å². The Balaban J connectivity index is 2.35. The number of ether oxygens (including phenoxy) is 1. The van der Waals surface area contributed by atoms with E-state index < -0.39 is 5.82 Å². The lowest BCUT2D eigenvalue weighted by atomic mass is 10.2. The van der Waals surface area contributed by atoms with E-state index in [1.807, 2.05) is 6.07 Å². The Labute approximate surface area is 102 Å². The van der Waals surface area contributed by atoms with E-state index in [0.717, 1.165) is 6.07 Å². The number of aromatic nitrogens is 1. The van der Waals surface area contributed by atoms with E-state index in [4.69, 9.17) is 21.6 Å². The number of rotatable bonds is 2. The van der Waals surface area contributed by atoms with E-state index >= 15 is 0 Å². The van der Waals surface area contributed by atoms with Crippen molar-refractivity contribution >= 4 is 11.6 Å². The first-order valence-corrected chi connectivity index (χ1v) is 5.05. The fraction of sp³-hybridized carbons (Fsp3) is 0. The molecule has 0 bridgehead atoms. The molecule has 1 aromatic heterocycles. The number of hydrogen-bond acceptors (Lipinski definition) is 3. The quantitative estimate of drug-likeness (QED) is 0.817. The van der Waals surface area contributed by atoms with Gasteiger partial charge in [-0.25, -0.2) is 4.39 Å². The van der Waals surface area contributed by atoms with Gasteiger partial charge in [0.25, 0.3) is 0 Å². The molecule has 1 aromatic carbocycles. The normalized spacial score (nSPS) is 9.71. The SMILES string of the molecule is N#Cc1ccncc1Oc1ccc(F)cc1Cl. The van der Waals surface area contributed by atoms with E-state index in [1.165, 1.54) is 30.6 Å². The average molecular weight is 249 g/mol. The first-order chi connectivity index (χ1) is 8.20. The molecule has 84 valence electrons. The van der Waals surface area contributed by atoms with Gasteiger partial charge in [0, 0.05) is 6.20 Å². The Morgan fingerprint density at radius 2 is 2.12 bits per heavy atom. The molecule has 0 saturated heterocycles. The maximum atomic E-state index is 12.8. The molecule has 5 heteroatoms. The van der Waals surface area contributed by atoms with Gasteiger partial charge in [-0.3, -0.25) is 4.98 Å². The summed E-state index contributed by atoms with van der Waals surface area (Å²) in [5, 5.41) is 9.00. The molecule has 0 radical (unpaired) electrons. The van der Waals surface area contributed by atoms with Crippen LogP contribution in [0.4, 0.5) is 4.39 Å². The molecule has 17 heavy (non-hydrogen) atoms. The predicted molar refractivity (Wildman–Crippen MR) is 60.4 cm³/mol. The summed E-state index contributed by atoms with van der Waals surface area (Å²) in [4.78, 5) is 3.84. The van der Waals surface area contributed by atoms with Gasteiger partial charge in [-0.05, 0) is 24.3 Å².